The molecule has 0 radical (unpaired) electrons. The summed E-state index contributed by atoms with van der Waals surface area (Å²) in [7, 11) is 0. The van der Waals surface area contributed by atoms with Crippen LogP contribution in [0.4, 0.5) is 5.69 Å². The maximum absolute atomic E-state index is 15.1. The van der Waals surface area contributed by atoms with E-state index in [1.807, 2.05) is 0 Å². The monoisotopic (exact) mass is 1310 g/mol. The molecule has 7 rings (SSSR count). The Morgan fingerprint density at radius 1 is 0.763 bits per heavy atom. The maximum Gasteiger partial charge on any atom is 0.253 e. The standard InChI is InChI=1S/C64H85N11O17S/c1-7-33(4)57-62(91)67-27-52(84)69-44-31-93-63-42(41-10-8-9-11-43(41)70-63)21-37(60(89)66-28-53(85)72-57)22-48(80)58(35(6)49(81)30-76)73-61(90)45-25-40(77)29-75(45)64(92)38(23-46(44)78)24-51(83)65-26-36-12-14-39(15-13-36)68-59(88)34(5)20-47(79)56(32(2)3)71-50(82)18-19-74-54(86)16-17-55(74)87/h8-17,32-35,37-38,40,44-45,49,56-58,64,70,76-77,81,92H,7,18-31H2,1-6H3,(H,65,83)(H,66,89)(H,67,91)(H,68,88)(H,69,84)(H,71,82)(H,72,85)(H,73,90)/t33-,34+,35-,37?,38-,40?,44?,45-,49-,56?,57-,58-,64?/m0/s1. The van der Waals surface area contributed by atoms with E-state index >= 15 is 4.79 Å². The predicted octanol–water partition coefficient (Wildman–Crippen LogP) is -0.847. The van der Waals surface area contributed by atoms with Crippen molar-refractivity contribution in [2.75, 3.05) is 43.9 Å². The fourth-order valence-corrected chi connectivity index (χ4v) is 12.9. The maximum atomic E-state index is 15.1. The SMILES string of the molecule is CC[C@H](C)[C@@H]1NC(=O)CNC(=O)C2CC(=O)[C@H]([C@@H](C)[C@@H](O)CO)NC(=O)[C@@H]3CC(O)CN3C(O)[C@H](CC(=O)NCc3ccc(NC(=O)[C@H](C)CC(=O)C(NC(=O)CCN4C(=O)C=CC4=O)C(C)C)cc3)CC(=O)C(CSc3[nH]c4ccccc4c3C2)NC(=O)CNC1=O. The molecule has 3 aromatic rings. The van der Waals surface area contributed by atoms with Crippen molar-refractivity contribution >= 4 is 105 Å². The molecule has 93 heavy (non-hydrogen) atoms. The van der Waals surface area contributed by atoms with Crippen molar-refractivity contribution in [3.8, 4) is 0 Å². The Morgan fingerprint density at radius 2 is 1.43 bits per heavy atom. The van der Waals surface area contributed by atoms with Crippen LogP contribution >= 0.6 is 11.8 Å². The number of aromatic nitrogens is 1. The minimum atomic E-state index is -1.85. The lowest BCUT2D eigenvalue weighted by molar-refractivity contribution is -0.140. The molecular formula is C64H85N11O17S. The number of carbonyl (C=O) groups excluding carboxylic acids is 13. The van der Waals surface area contributed by atoms with Gasteiger partial charge in [-0.05, 0) is 54.0 Å². The molecule has 13 atom stereocenters. The largest absolute Gasteiger partial charge is 0.394 e. The zero-order valence-electron chi connectivity index (χ0n) is 52.9. The first-order valence-corrected chi connectivity index (χ1v) is 32.3. The fourth-order valence-electron chi connectivity index (χ4n) is 11.7. The second kappa shape index (κ2) is 33.1. The highest BCUT2D eigenvalue weighted by Crippen LogP contribution is 2.35. The molecule has 1 fully saturated rings. The number of aromatic amines is 1. The topological polar surface area (TPSA) is 421 Å². The summed E-state index contributed by atoms with van der Waals surface area (Å²) in [5, 5.41) is 67.2. The molecule has 4 aliphatic rings. The van der Waals surface area contributed by atoms with Crippen molar-refractivity contribution in [2.45, 2.75) is 153 Å². The molecule has 0 saturated carbocycles. The molecule has 0 spiro atoms. The Bertz CT molecular complexity index is 3320. The van der Waals surface area contributed by atoms with E-state index in [-0.39, 0.29) is 57.0 Å². The quantitative estimate of drug-likeness (QED) is 0.0650. The van der Waals surface area contributed by atoms with E-state index in [0.717, 1.165) is 28.8 Å². The third-order valence-corrected chi connectivity index (χ3v) is 18.7. The highest BCUT2D eigenvalue weighted by Gasteiger charge is 2.46. The minimum Gasteiger partial charge on any atom is -0.394 e. The number of amides is 10. The smallest absolute Gasteiger partial charge is 0.253 e. The lowest BCUT2D eigenvalue weighted by atomic mass is 9.85. The van der Waals surface area contributed by atoms with Gasteiger partial charge in [-0.15, -0.1) is 11.8 Å². The van der Waals surface area contributed by atoms with Gasteiger partial charge in [0.1, 0.15) is 12.3 Å². The van der Waals surface area contributed by atoms with Crippen molar-refractivity contribution in [2.24, 2.45) is 35.5 Å². The molecule has 2 aromatic carbocycles. The number of hydrogen-bond acceptors (Lipinski definition) is 19. The number of aliphatic hydroxyl groups excluding tert-OH is 4. The zero-order chi connectivity index (χ0) is 68.0. The molecule has 28 nitrogen and oxygen atoms in total. The van der Waals surface area contributed by atoms with Gasteiger partial charge in [-0.1, -0.05) is 78.3 Å². The van der Waals surface area contributed by atoms with E-state index in [2.05, 4.69) is 47.5 Å². The second-order valence-electron chi connectivity index (χ2n) is 24.8. The van der Waals surface area contributed by atoms with Crippen LogP contribution in [0.5, 0.6) is 0 Å². The number of rotatable bonds is 19. The zero-order valence-corrected chi connectivity index (χ0v) is 53.7. The molecule has 4 aliphatic heterocycles. The third kappa shape index (κ3) is 19.2. The highest BCUT2D eigenvalue weighted by atomic mass is 32.2. The Labute approximate surface area is 541 Å². The highest BCUT2D eigenvalue weighted by molar-refractivity contribution is 7.99. The molecular weight excluding hydrogens is 1230 g/mol. The number of imide groups is 1. The Kier molecular flexibility index (Phi) is 25.7. The molecule has 5 heterocycles. The predicted molar refractivity (Wildman–Crippen MR) is 337 cm³/mol. The summed E-state index contributed by atoms with van der Waals surface area (Å²) in [6, 6.07) is 6.77. The number of nitrogens with one attached hydrogen (secondary N) is 9. The Hall–Kier alpha value is -8.22. The Morgan fingerprint density at radius 3 is 2.10 bits per heavy atom. The van der Waals surface area contributed by atoms with Crippen LogP contribution in [0.15, 0.2) is 65.7 Å². The molecule has 1 saturated heterocycles. The number of nitrogens with zero attached hydrogens (tertiary/aromatic N) is 2. The fraction of sp³-hybridized carbons (Fsp3) is 0.547. The van der Waals surface area contributed by atoms with E-state index in [0.29, 0.717) is 39.2 Å². The number of benzene rings is 2. The van der Waals surface area contributed by atoms with E-state index in [4.69, 9.17) is 0 Å². The number of aliphatic hydroxyl groups is 4. The lowest BCUT2D eigenvalue weighted by Gasteiger charge is -2.35. The normalized spacial score (nSPS) is 24.9. The van der Waals surface area contributed by atoms with Crippen LogP contribution in [0.2, 0.25) is 0 Å². The number of para-hydroxylation sites is 1. The van der Waals surface area contributed by atoms with Crippen LogP contribution in [0.1, 0.15) is 97.6 Å². The van der Waals surface area contributed by atoms with Crippen LogP contribution in [-0.4, -0.2) is 199 Å². The van der Waals surface area contributed by atoms with Gasteiger partial charge in [0.05, 0.1) is 61.1 Å². The first-order chi connectivity index (χ1) is 44.2. The summed E-state index contributed by atoms with van der Waals surface area (Å²) in [6.45, 7) is 7.09. The van der Waals surface area contributed by atoms with Gasteiger partial charge in [0, 0.05) is 110 Å². The average Bonchev–Trinajstić information content (AvgIpc) is 1.69. The molecule has 2 bridgehead atoms. The number of Topliss-reactive ketones (excluding diaryl/α,β-unsaturated/α-hetero) is 3. The summed E-state index contributed by atoms with van der Waals surface area (Å²) >= 11 is 1.08. The van der Waals surface area contributed by atoms with Crippen molar-refractivity contribution in [3.05, 3.63) is 71.8 Å². The third-order valence-electron chi connectivity index (χ3n) is 17.5. The summed E-state index contributed by atoms with van der Waals surface area (Å²) in [5.74, 6) is -14.5. The second-order valence-corrected chi connectivity index (χ2v) is 25.9. The van der Waals surface area contributed by atoms with Gasteiger partial charge < -0.3 is 67.9 Å². The van der Waals surface area contributed by atoms with Crippen molar-refractivity contribution in [3.63, 3.8) is 0 Å². The molecule has 13 N–H and O–H groups in total. The molecule has 0 aliphatic carbocycles. The van der Waals surface area contributed by atoms with Gasteiger partial charge >= 0.3 is 0 Å². The van der Waals surface area contributed by atoms with Crippen molar-refractivity contribution in [1.29, 1.82) is 0 Å². The van der Waals surface area contributed by atoms with Crippen LogP contribution in [0.25, 0.3) is 10.9 Å². The van der Waals surface area contributed by atoms with E-state index in [1.54, 1.807) is 83.1 Å². The van der Waals surface area contributed by atoms with Gasteiger partial charge in [0.2, 0.25) is 47.3 Å². The van der Waals surface area contributed by atoms with Crippen molar-refractivity contribution in [1.82, 2.24) is 52.0 Å². The van der Waals surface area contributed by atoms with Gasteiger partial charge in [-0.25, -0.2) is 0 Å². The van der Waals surface area contributed by atoms with Crippen LogP contribution in [0, 0.1) is 35.5 Å². The van der Waals surface area contributed by atoms with Gasteiger partial charge in [0.25, 0.3) is 11.8 Å². The average molecular weight is 1310 g/mol. The molecule has 10 amide bonds. The van der Waals surface area contributed by atoms with E-state index in [9.17, 15) is 78.0 Å². The van der Waals surface area contributed by atoms with Crippen LogP contribution in [0.3, 0.4) is 0 Å². The first kappa shape index (κ1) is 72.2. The minimum absolute atomic E-state index is 0.114. The number of ketones is 3. The number of H-pyrrole nitrogens is 1. The van der Waals surface area contributed by atoms with Gasteiger partial charge in [0.15, 0.2) is 17.3 Å². The number of fused-ring (bicyclic) bond motifs is 5. The molecule has 5 unspecified atom stereocenters. The number of carbonyl (C=O) groups is 13. The molecule has 504 valence electrons. The number of thioether (sulfide) groups is 1. The number of hydrogen-bond donors (Lipinski definition) is 13. The van der Waals surface area contributed by atoms with Crippen molar-refractivity contribution < 1.29 is 82.8 Å². The first-order valence-electron chi connectivity index (χ1n) is 31.3. The Balaban J connectivity index is 1.14. The van der Waals surface area contributed by atoms with Crippen LogP contribution in [-0.2, 0) is 75.3 Å². The lowest BCUT2D eigenvalue weighted by Crippen LogP contribution is -2.57. The van der Waals surface area contributed by atoms with Gasteiger partial charge in [-0.2, -0.15) is 0 Å². The molecule has 29 heteroatoms. The number of anilines is 1. The summed E-state index contributed by atoms with van der Waals surface area (Å²) < 4.78 is 0. The van der Waals surface area contributed by atoms with Gasteiger partial charge in [-0.3, -0.25) is 72.1 Å². The summed E-state index contributed by atoms with van der Waals surface area (Å²) in [6.07, 6.45) is -4.88. The van der Waals surface area contributed by atoms with E-state index < -0.39 is 194 Å². The van der Waals surface area contributed by atoms with E-state index in [1.165, 1.54) is 11.8 Å². The summed E-state index contributed by atoms with van der Waals surface area (Å²) in [4.78, 5) is 183. The van der Waals surface area contributed by atoms with Crippen LogP contribution < -0.4 is 42.5 Å². The molecule has 1 aromatic heterocycles. The summed E-state index contributed by atoms with van der Waals surface area (Å²) in [5.41, 5.74) is 1.97.